The van der Waals surface area contributed by atoms with Crippen molar-refractivity contribution < 1.29 is 17.8 Å². The average Bonchev–Trinajstić information content (AvgIpc) is 2.48. The molecule has 6 heteroatoms. The summed E-state index contributed by atoms with van der Waals surface area (Å²) < 4.78 is 39.6. The first-order chi connectivity index (χ1) is 10.0. The van der Waals surface area contributed by atoms with Crippen molar-refractivity contribution in [2.45, 2.75) is 17.2 Å². The van der Waals surface area contributed by atoms with Gasteiger partial charge in [-0.1, -0.05) is 17.7 Å². The van der Waals surface area contributed by atoms with Gasteiger partial charge in [-0.05, 0) is 37.3 Å². The van der Waals surface area contributed by atoms with Gasteiger partial charge in [0.25, 0.3) is 0 Å². The molecule has 0 heterocycles. The van der Waals surface area contributed by atoms with Crippen LogP contribution < -0.4 is 5.32 Å². The summed E-state index contributed by atoms with van der Waals surface area (Å²) in [5.41, 5.74) is 0.827. The highest BCUT2D eigenvalue weighted by molar-refractivity contribution is 7.85. The quantitative estimate of drug-likeness (QED) is 0.863. The standard InChI is InChI=1S/C15H13F2NO2S/c1-10-2-5-12(6-3-10)21(20)15(18-9-19)13-8-11(16)4-7-14(13)17/h2-9,15H,1H3,(H,18,19). The first kappa shape index (κ1) is 15.3. The molecule has 110 valence electrons. The van der Waals surface area contributed by atoms with Crippen LogP contribution in [0.1, 0.15) is 16.5 Å². The molecule has 21 heavy (non-hydrogen) atoms. The van der Waals surface area contributed by atoms with E-state index in [0.717, 1.165) is 23.8 Å². The van der Waals surface area contributed by atoms with Crippen molar-refractivity contribution in [3.63, 3.8) is 0 Å². The van der Waals surface area contributed by atoms with Gasteiger partial charge in [-0.3, -0.25) is 9.00 Å². The SMILES string of the molecule is Cc1ccc(S(=O)C(NC=O)c2cc(F)ccc2F)cc1. The molecule has 2 atom stereocenters. The molecule has 0 aromatic heterocycles. The van der Waals surface area contributed by atoms with Gasteiger partial charge in [-0.15, -0.1) is 0 Å². The van der Waals surface area contributed by atoms with Crippen molar-refractivity contribution in [3.8, 4) is 0 Å². The van der Waals surface area contributed by atoms with Gasteiger partial charge in [-0.25, -0.2) is 8.78 Å². The molecule has 0 spiro atoms. The molecular formula is C15H13F2NO2S. The number of amides is 1. The summed E-state index contributed by atoms with van der Waals surface area (Å²) in [7, 11) is -1.75. The van der Waals surface area contributed by atoms with E-state index in [2.05, 4.69) is 5.32 Å². The molecule has 2 rings (SSSR count). The Kier molecular flexibility index (Phi) is 4.80. The molecule has 2 unspecified atom stereocenters. The highest BCUT2D eigenvalue weighted by atomic mass is 32.2. The number of halogens is 2. The summed E-state index contributed by atoms with van der Waals surface area (Å²) in [6, 6.07) is 9.61. The Labute approximate surface area is 123 Å². The van der Waals surface area contributed by atoms with Crippen LogP contribution in [0.2, 0.25) is 0 Å². The minimum absolute atomic E-state index is 0.152. The summed E-state index contributed by atoms with van der Waals surface area (Å²) in [4.78, 5) is 11.1. The molecule has 2 aromatic carbocycles. The fourth-order valence-electron chi connectivity index (χ4n) is 1.85. The molecule has 0 saturated carbocycles. The van der Waals surface area contributed by atoms with E-state index in [1.54, 1.807) is 24.3 Å². The number of nitrogens with one attached hydrogen (secondary N) is 1. The summed E-state index contributed by atoms with van der Waals surface area (Å²) >= 11 is 0. The molecule has 0 aliphatic carbocycles. The van der Waals surface area contributed by atoms with Crippen molar-refractivity contribution in [1.29, 1.82) is 0 Å². The monoisotopic (exact) mass is 309 g/mol. The Hall–Kier alpha value is -2.08. The molecular weight excluding hydrogens is 296 g/mol. The fourth-order valence-corrected chi connectivity index (χ4v) is 3.12. The largest absolute Gasteiger partial charge is 0.340 e. The summed E-state index contributed by atoms with van der Waals surface area (Å²) in [5.74, 6) is -1.39. The maximum atomic E-state index is 13.8. The molecule has 0 saturated heterocycles. The van der Waals surface area contributed by atoms with Crippen LogP contribution in [0.4, 0.5) is 8.78 Å². The second-order valence-corrected chi connectivity index (χ2v) is 5.98. The van der Waals surface area contributed by atoms with Crippen LogP contribution in [0, 0.1) is 18.6 Å². The van der Waals surface area contributed by atoms with Crippen molar-refractivity contribution in [1.82, 2.24) is 5.32 Å². The molecule has 0 radical (unpaired) electrons. The van der Waals surface area contributed by atoms with E-state index in [4.69, 9.17) is 0 Å². The lowest BCUT2D eigenvalue weighted by atomic mass is 10.2. The summed E-state index contributed by atoms with van der Waals surface area (Å²) in [6.07, 6.45) is 0.321. The third-order valence-electron chi connectivity index (χ3n) is 2.93. The van der Waals surface area contributed by atoms with E-state index in [0.29, 0.717) is 11.3 Å². The molecule has 0 aliphatic heterocycles. The highest BCUT2D eigenvalue weighted by Crippen LogP contribution is 2.25. The van der Waals surface area contributed by atoms with E-state index in [-0.39, 0.29) is 5.56 Å². The van der Waals surface area contributed by atoms with E-state index >= 15 is 0 Å². The fraction of sp³-hybridized carbons (Fsp3) is 0.133. The Morgan fingerprint density at radius 3 is 2.43 bits per heavy atom. The molecule has 0 bridgehead atoms. The Morgan fingerprint density at radius 1 is 1.14 bits per heavy atom. The lowest BCUT2D eigenvalue weighted by Crippen LogP contribution is -2.25. The normalized spacial score (nSPS) is 13.5. The number of rotatable bonds is 5. The first-order valence-electron chi connectivity index (χ1n) is 6.15. The lowest BCUT2D eigenvalue weighted by molar-refractivity contribution is -0.109. The lowest BCUT2D eigenvalue weighted by Gasteiger charge is -2.17. The zero-order valence-corrected chi connectivity index (χ0v) is 12.0. The second kappa shape index (κ2) is 6.58. The van der Waals surface area contributed by atoms with Gasteiger partial charge in [0.05, 0.1) is 10.8 Å². The maximum absolute atomic E-state index is 13.8. The van der Waals surface area contributed by atoms with Crippen molar-refractivity contribution in [2.24, 2.45) is 0 Å². The topological polar surface area (TPSA) is 46.2 Å². The average molecular weight is 309 g/mol. The zero-order chi connectivity index (χ0) is 15.4. The van der Waals surface area contributed by atoms with Crippen LogP contribution in [0.5, 0.6) is 0 Å². The van der Waals surface area contributed by atoms with Gasteiger partial charge in [0.15, 0.2) is 0 Å². The van der Waals surface area contributed by atoms with Crippen LogP contribution in [-0.4, -0.2) is 10.6 Å². The summed E-state index contributed by atoms with van der Waals surface area (Å²) in [6.45, 7) is 1.88. The van der Waals surface area contributed by atoms with E-state index in [1.807, 2.05) is 6.92 Å². The Balaban J connectivity index is 2.42. The van der Waals surface area contributed by atoms with Crippen molar-refractivity contribution in [2.75, 3.05) is 0 Å². The minimum atomic E-state index is -1.75. The predicted molar refractivity (Wildman–Crippen MR) is 75.9 cm³/mol. The van der Waals surface area contributed by atoms with Crippen LogP contribution >= 0.6 is 0 Å². The van der Waals surface area contributed by atoms with Crippen molar-refractivity contribution >= 4 is 17.2 Å². The zero-order valence-electron chi connectivity index (χ0n) is 11.2. The second-order valence-electron chi connectivity index (χ2n) is 4.44. The number of hydrogen-bond acceptors (Lipinski definition) is 2. The molecule has 0 aliphatic rings. The number of carbonyl (C=O) groups excluding carboxylic acids is 1. The summed E-state index contributed by atoms with van der Waals surface area (Å²) in [5, 5.41) is 1.14. The Morgan fingerprint density at radius 2 is 1.81 bits per heavy atom. The van der Waals surface area contributed by atoms with E-state index in [9.17, 15) is 17.8 Å². The van der Waals surface area contributed by atoms with Crippen molar-refractivity contribution in [3.05, 3.63) is 65.2 Å². The van der Waals surface area contributed by atoms with Gasteiger partial charge in [0, 0.05) is 10.5 Å². The van der Waals surface area contributed by atoms with E-state index in [1.165, 1.54) is 0 Å². The maximum Gasteiger partial charge on any atom is 0.208 e. The van der Waals surface area contributed by atoms with Crippen LogP contribution in [0.25, 0.3) is 0 Å². The van der Waals surface area contributed by atoms with Crippen LogP contribution in [0.15, 0.2) is 47.4 Å². The molecule has 1 amide bonds. The first-order valence-corrected chi connectivity index (χ1v) is 7.36. The molecule has 3 nitrogen and oxygen atoms in total. The minimum Gasteiger partial charge on any atom is -0.340 e. The van der Waals surface area contributed by atoms with Gasteiger partial charge < -0.3 is 5.32 Å². The third kappa shape index (κ3) is 3.52. The predicted octanol–water partition coefficient (Wildman–Crippen LogP) is 2.83. The third-order valence-corrected chi connectivity index (χ3v) is 4.48. The van der Waals surface area contributed by atoms with Crippen LogP contribution in [-0.2, 0) is 15.6 Å². The molecule has 0 fully saturated rings. The van der Waals surface area contributed by atoms with Gasteiger partial charge in [-0.2, -0.15) is 0 Å². The van der Waals surface area contributed by atoms with E-state index < -0.39 is 27.8 Å². The number of benzene rings is 2. The number of hydrogen-bond donors (Lipinski definition) is 1. The van der Waals surface area contributed by atoms with Gasteiger partial charge in [0.1, 0.15) is 17.0 Å². The Bertz CT molecular complexity index is 674. The number of carbonyl (C=O) groups is 1. The molecule has 2 aromatic rings. The number of aryl methyl sites for hydroxylation is 1. The highest BCUT2D eigenvalue weighted by Gasteiger charge is 2.23. The van der Waals surface area contributed by atoms with Crippen LogP contribution in [0.3, 0.4) is 0 Å². The smallest absolute Gasteiger partial charge is 0.208 e. The molecule has 1 N–H and O–H groups in total. The van der Waals surface area contributed by atoms with Gasteiger partial charge in [0.2, 0.25) is 6.41 Å². The van der Waals surface area contributed by atoms with Gasteiger partial charge >= 0.3 is 0 Å².